The Balaban J connectivity index is 2.03. The summed E-state index contributed by atoms with van der Waals surface area (Å²) in [6, 6.07) is 3.64. The highest BCUT2D eigenvalue weighted by Crippen LogP contribution is 2.29. The number of pyridine rings is 1. The molecule has 0 amide bonds. The lowest BCUT2D eigenvalue weighted by Gasteiger charge is -2.04. The van der Waals surface area contributed by atoms with Crippen molar-refractivity contribution in [1.29, 1.82) is 0 Å². The number of rotatable bonds is 3. The fourth-order valence-corrected chi connectivity index (χ4v) is 2.45. The molecule has 2 N–H and O–H groups in total. The predicted molar refractivity (Wildman–Crippen MR) is 74.6 cm³/mol. The lowest BCUT2D eigenvalue weighted by atomic mass is 10.5. The molecule has 19 heavy (non-hydrogen) atoms. The molecule has 6 nitrogen and oxygen atoms in total. The summed E-state index contributed by atoms with van der Waals surface area (Å²) in [5, 5.41) is 5.09. The Morgan fingerprint density at radius 2 is 2.16 bits per heavy atom. The van der Waals surface area contributed by atoms with Crippen LogP contribution in [0.25, 0.3) is 11.2 Å². The Morgan fingerprint density at radius 3 is 2.89 bits per heavy atom. The van der Waals surface area contributed by atoms with Gasteiger partial charge in [0, 0.05) is 13.2 Å². The quantitative estimate of drug-likeness (QED) is 0.722. The van der Waals surface area contributed by atoms with Crippen molar-refractivity contribution in [1.82, 2.24) is 24.9 Å². The Hall–Kier alpha value is -1.86. The maximum absolute atomic E-state index is 5.82. The first-order chi connectivity index (χ1) is 9.26. The first-order valence-corrected chi connectivity index (χ1v) is 6.64. The molecule has 0 aliphatic rings. The third-order valence-electron chi connectivity index (χ3n) is 2.38. The van der Waals surface area contributed by atoms with E-state index in [4.69, 9.17) is 11.6 Å². The molecular formula is C11H9ClN6S. The van der Waals surface area contributed by atoms with Crippen molar-refractivity contribution in [3.05, 3.63) is 29.7 Å². The normalized spacial score (nSPS) is 10.8. The fraction of sp³-hybridized carbons (Fsp3) is 0.0909. The molecule has 0 saturated heterocycles. The van der Waals surface area contributed by atoms with Crippen molar-refractivity contribution in [2.24, 2.45) is 0 Å². The van der Waals surface area contributed by atoms with E-state index in [9.17, 15) is 0 Å². The van der Waals surface area contributed by atoms with Crippen molar-refractivity contribution in [2.75, 3.05) is 12.4 Å². The predicted octanol–water partition coefficient (Wildman–Crippen LogP) is 2.59. The number of aromatic amines is 1. The summed E-state index contributed by atoms with van der Waals surface area (Å²) in [5.74, 6) is 0.524. The Labute approximate surface area is 118 Å². The zero-order chi connectivity index (χ0) is 13.2. The van der Waals surface area contributed by atoms with E-state index in [1.54, 1.807) is 25.6 Å². The molecule has 0 saturated carbocycles. The molecule has 0 bridgehead atoms. The maximum atomic E-state index is 5.82. The third-order valence-corrected chi connectivity index (χ3v) is 3.54. The van der Waals surface area contributed by atoms with Crippen molar-refractivity contribution in [3.8, 4) is 0 Å². The largest absolute Gasteiger partial charge is 0.357 e. The van der Waals surface area contributed by atoms with Crippen molar-refractivity contribution < 1.29 is 0 Å². The van der Waals surface area contributed by atoms with Gasteiger partial charge in [-0.3, -0.25) is 0 Å². The second-order valence-electron chi connectivity index (χ2n) is 3.62. The van der Waals surface area contributed by atoms with Gasteiger partial charge in [0.05, 0.1) is 11.3 Å². The second kappa shape index (κ2) is 5.02. The Kier molecular flexibility index (Phi) is 3.22. The van der Waals surface area contributed by atoms with Gasteiger partial charge >= 0.3 is 0 Å². The van der Waals surface area contributed by atoms with Crippen LogP contribution in [0.5, 0.6) is 0 Å². The zero-order valence-corrected chi connectivity index (χ0v) is 11.5. The van der Waals surface area contributed by atoms with Gasteiger partial charge in [-0.15, -0.1) is 0 Å². The van der Waals surface area contributed by atoms with Crippen LogP contribution in [0.1, 0.15) is 0 Å². The maximum Gasteiger partial charge on any atom is 0.225 e. The second-order valence-corrected chi connectivity index (χ2v) is 5.07. The van der Waals surface area contributed by atoms with Gasteiger partial charge in [0.2, 0.25) is 5.95 Å². The van der Waals surface area contributed by atoms with Gasteiger partial charge in [-0.05, 0) is 23.9 Å². The van der Waals surface area contributed by atoms with Crippen LogP contribution in [-0.4, -0.2) is 32.0 Å². The number of hydrogen-bond acceptors (Lipinski definition) is 6. The van der Waals surface area contributed by atoms with E-state index < -0.39 is 0 Å². The lowest BCUT2D eigenvalue weighted by Crippen LogP contribution is -1.98. The smallest absolute Gasteiger partial charge is 0.225 e. The summed E-state index contributed by atoms with van der Waals surface area (Å²) in [5.41, 5.74) is 1.41. The number of halogens is 1. The Morgan fingerprint density at radius 1 is 1.26 bits per heavy atom. The number of hydrogen-bond donors (Lipinski definition) is 2. The van der Waals surface area contributed by atoms with Crippen LogP contribution >= 0.6 is 23.4 Å². The third kappa shape index (κ3) is 2.47. The number of nitrogens with zero attached hydrogens (tertiary/aromatic N) is 4. The molecule has 96 valence electrons. The molecule has 8 heteroatoms. The van der Waals surface area contributed by atoms with Gasteiger partial charge in [-0.2, -0.15) is 4.98 Å². The number of H-pyrrole nitrogens is 1. The molecule has 0 fully saturated rings. The minimum atomic E-state index is 0.524. The Bertz CT molecular complexity index is 711. The molecule has 0 radical (unpaired) electrons. The molecule has 0 unspecified atom stereocenters. The zero-order valence-electron chi connectivity index (χ0n) is 9.88. The number of nitrogens with one attached hydrogen (secondary N) is 2. The summed E-state index contributed by atoms with van der Waals surface area (Å²) < 4.78 is 0. The number of fused-ring (bicyclic) bond motifs is 1. The van der Waals surface area contributed by atoms with Gasteiger partial charge in [0.15, 0.2) is 5.65 Å². The lowest BCUT2D eigenvalue weighted by molar-refractivity contribution is 1.07. The van der Waals surface area contributed by atoms with Crippen molar-refractivity contribution in [2.45, 2.75) is 10.1 Å². The molecule has 3 heterocycles. The molecule has 3 aromatic rings. The standard InChI is InChI=1S/C11H9ClN6S/c1-13-11-17-9-8(15-5-16-9)10(18-11)19-7-3-2-6(12)4-14-7/h2-5H,1H3,(H2,13,15,16,17,18). The molecule has 0 spiro atoms. The van der Waals surface area contributed by atoms with Crippen LogP contribution in [0.4, 0.5) is 5.95 Å². The average molecular weight is 293 g/mol. The highest BCUT2D eigenvalue weighted by Gasteiger charge is 2.11. The number of anilines is 1. The van der Waals surface area contributed by atoms with Gasteiger partial charge in [0.1, 0.15) is 15.6 Å². The van der Waals surface area contributed by atoms with Gasteiger partial charge in [-0.1, -0.05) is 11.6 Å². The number of imidazole rings is 1. The van der Waals surface area contributed by atoms with Crippen LogP contribution in [0.2, 0.25) is 5.02 Å². The fourth-order valence-electron chi connectivity index (χ4n) is 1.51. The average Bonchev–Trinajstić information content (AvgIpc) is 2.89. The van der Waals surface area contributed by atoms with Crippen molar-refractivity contribution >= 4 is 40.5 Å². The van der Waals surface area contributed by atoms with Crippen molar-refractivity contribution in [3.63, 3.8) is 0 Å². The van der Waals surface area contributed by atoms with E-state index in [0.29, 0.717) is 16.6 Å². The first kappa shape index (κ1) is 12.2. The molecule has 3 rings (SSSR count). The van der Waals surface area contributed by atoms with E-state index in [0.717, 1.165) is 15.6 Å². The molecule has 0 atom stereocenters. The molecule has 0 aliphatic carbocycles. The van der Waals surface area contributed by atoms with Crippen LogP contribution < -0.4 is 5.32 Å². The number of aromatic nitrogens is 5. The summed E-state index contributed by atoms with van der Waals surface area (Å²) in [6.45, 7) is 0. The summed E-state index contributed by atoms with van der Waals surface area (Å²) in [6.07, 6.45) is 3.20. The summed E-state index contributed by atoms with van der Waals surface area (Å²) >= 11 is 7.24. The van der Waals surface area contributed by atoms with Gasteiger partial charge in [-0.25, -0.2) is 15.0 Å². The molecule has 3 aromatic heterocycles. The minimum Gasteiger partial charge on any atom is -0.357 e. The van der Waals surface area contributed by atoms with E-state index >= 15 is 0 Å². The van der Waals surface area contributed by atoms with Gasteiger partial charge < -0.3 is 10.3 Å². The molecule has 0 aromatic carbocycles. The summed E-state index contributed by atoms with van der Waals surface area (Å²) in [7, 11) is 1.77. The summed E-state index contributed by atoms with van der Waals surface area (Å²) in [4.78, 5) is 20.1. The van der Waals surface area contributed by atoms with Crippen LogP contribution in [0.15, 0.2) is 34.7 Å². The molecular weight excluding hydrogens is 284 g/mol. The highest BCUT2D eigenvalue weighted by atomic mass is 35.5. The van der Waals surface area contributed by atoms with Crippen LogP contribution in [0.3, 0.4) is 0 Å². The van der Waals surface area contributed by atoms with Gasteiger partial charge in [0.25, 0.3) is 0 Å². The first-order valence-electron chi connectivity index (χ1n) is 5.44. The van der Waals surface area contributed by atoms with E-state index in [2.05, 4.69) is 30.2 Å². The monoisotopic (exact) mass is 292 g/mol. The minimum absolute atomic E-state index is 0.524. The van der Waals surface area contributed by atoms with E-state index in [1.165, 1.54) is 11.8 Å². The van der Waals surface area contributed by atoms with E-state index in [1.807, 2.05) is 6.07 Å². The SMILES string of the molecule is CNc1nc(Sc2ccc(Cl)cn2)c2[nH]cnc2n1. The topological polar surface area (TPSA) is 79.4 Å². The van der Waals surface area contributed by atoms with Crippen LogP contribution in [0, 0.1) is 0 Å². The molecule has 0 aliphatic heterocycles. The van der Waals surface area contributed by atoms with Crippen LogP contribution in [-0.2, 0) is 0 Å². The highest BCUT2D eigenvalue weighted by molar-refractivity contribution is 7.99. The van der Waals surface area contributed by atoms with E-state index in [-0.39, 0.29) is 0 Å².